The molecule has 0 amide bonds. The average Bonchev–Trinajstić information content (AvgIpc) is 2.25. The molecular weight excluding hydrogens is 257 g/mol. The Kier molecular flexibility index (Phi) is 4.17. The molecule has 6 heteroatoms. The first kappa shape index (κ1) is 13.6. The van der Waals surface area contributed by atoms with Gasteiger partial charge in [-0.15, -0.1) is 0 Å². The molecule has 1 aromatic rings. The van der Waals surface area contributed by atoms with Crippen LogP contribution >= 0.6 is 11.6 Å². The molecule has 0 aliphatic carbocycles. The minimum absolute atomic E-state index is 0.0923. The second-order valence-corrected chi connectivity index (χ2v) is 3.62. The van der Waals surface area contributed by atoms with Crippen molar-refractivity contribution in [3.63, 3.8) is 0 Å². The smallest absolute Gasteiger partial charge is 0.344 e. The van der Waals surface area contributed by atoms with E-state index in [1.54, 1.807) is 0 Å². The monoisotopic (exact) mass is 264 g/mol. The van der Waals surface area contributed by atoms with E-state index in [1.807, 2.05) is 0 Å². The first-order valence-electron chi connectivity index (χ1n) is 4.48. The molecule has 0 fully saturated rings. The molecule has 0 atom stereocenters. The van der Waals surface area contributed by atoms with E-state index in [2.05, 4.69) is 4.74 Å². The standard InChI is InChI=1S/C11H8ClF3O2/c1-5-3-6(8(13)4-7(5)12)9(10(14)15)11(16)17-2/h3-4H,1-2H3. The molecule has 0 bridgehead atoms. The van der Waals surface area contributed by atoms with Gasteiger partial charge in [-0.05, 0) is 24.6 Å². The Morgan fingerprint density at radius 1 is 1.35 bits per heavy atom. The molecule has 0 saturated carbocycles. The average molecular weight is 265 g/mol. The van der Waals surface area contributed by atoms with Crippen molar-refractivity contribution < 1.29 is 22.7 Å². The molecule has 0 saturated heterocycles. The summed E-state index contributed by atoms with van der Waals surface area (Å²) in [5.74, 6) is -2.31. The van der Waals surface area contributed by atoms with Crippen LogP contribution < -0.4 is 0 Å². The Hall–Kier alpha value is -1.49. The molecular formula is C11H8ClF3O2. The first-order chi connectivity index (χ1) is 7.88. The molecule has 1 aromatic carbocycles. The van der Waals surface area contributed by atoms with Crippen LogP contribution in [0, 0.1) is 12.7 Å². The molecule has 0 aliphatic heterocycles. The zero-order valence-corrected chi connectivity index (χ0v) is 9.74. The van der Waals surface area contributed by atoms with Crippen molar-refractivity contribution in [1.82, 2.24) is 0 Å². The molecule has 0 aliphatic rings. The van der Waals surface area contributed by atoms with Gasteiger partial charge in [0.1, 0.15) is 11.4 Å². The highest BCUT2D eigenvalue weighted by Gasteiger charge is 2.23. The highest BCUT2D eigenvalue weighted by molar-refractivity contribution is 6.31. The number of rotatable bonds is 2. The van der Waals surface area contributed by atoms with E-state index in [-0.39, 0.29) is 5.02 Å². The lowest BCUT2D eigenvalue weighted by atomic mass is 10.0. The van der Waals surface area contributed by atoms with Crippen LogP contribution in [0.5, 0.6) is 0 Å². The van der Waals surface area contributed by atoms with Gasteiger partial charge < -0.3 is 4.74 Å². The summed E-state index contributed by atoms with van der Waals surface area (Å²) in [5, 5.41) is 0.0923. The van der Waals surface area contributed by atoms with Gasteiger partial charge in [0.15, 0.2) is 0 Å². The minimum Gasteiger partial charge on any atom is -0.465 e. The minimum atomic E-state index is -2.31. The fraction of sp³-hybridized carbons (Fsp3) is 0.182. The topological polar surface area (TPSA) is 26.3 Å². The number of halogens is 4. The Balaban J connectivity index is 3.46. The number of benzene rings is 1. The fourth-order valence-corrected chi connectivity index (χ4v) is 1.39. The molecule has 0 aromatic heterocycles. The van der Waals surface area contributed by atoms with Gasteiger partial charge in [-0.2, -0.15) is 8.78 Å². The number of ether oxygens (including phenoxy) is 1. The van der Waals surface area contributed by atoms with Crippen molar-refractivity contribution in [3.8, 4) is 0 Å². The van der Waals surface area contributed by atoms with E-state index in [1.165, 1.54) is 6.92 Å². The molecule has 0 spiro atoms. The van der Waals surface area contributed by atoms with Gasteiger partial charge in [-0.1, -0.05) is 11.6 Å². The van der Waals surface area contributed by atoms with E-state index in [0.29, 0.717) is 5.56 Å². The fourth-order valence-electron chi connectivity index (χ4n) is 1.24. The lowest BCUT2D eigenvalue weighted by Crippen LogP contribution is -2.07. The lowest BCUT2D eigenvalue weighted by Gasteiger charge is -2.08. The van der Waals surface area contributed by atoms with Crippen molar-refractivity contribution in [2.75, 3.05) is 7.11 Å². The van der Waals surface area contributed by atoms with E-state index in [0.717, 1.165) is 19.2 Å². The Bertz CT molecular complexity index is 494. The van der Waals surface area contributed by atoms with Crippen LogP contribution in [0.15, 0.2) is 18.2 Å². The number of aryl methyl sites for hydroxylation is 1. The Morgan fingerprint density at radius 2 is 1.94 bits per heavy atom. The molecule has 92 valence electrons. The van der Waals surface area contributed by atoms with Crippen LogP contribution in [-0.4, -0.2) is 13.1 Å². The summed E-state index contributed by atoms with van der Waals surface area (Å²) in [6, 6.07) is 1.95. The quantitative estimate of drug-likeness (QED) is 0.603. The summed E-state index contributed by atoms with van der Waals surface area (Å²) in [6.07, 6.45) is -2.31. The second kappa shape index (κ2) is 5.23. The van der Waals surface area contributed by atoms with Crippen LogP contribution in [0.3, 0.4) is 0 Å². The van der Waals surface area contributed by atoms with Crippen molar-refractivity contribution in [2.45, 2.75) is 6.92 Å². The molecule has 0 N–H and O–H groups in total. The number of esters is 1. The number of carbonyl (C=O) groups excluding carboxylic acids is 1. The van der Waals surface area contributed by atoms with Gasteiger partial charge in [0.25, 0.3) is 6.08 Å². The summed E-state index contributed by atoms with van der Waals surface area (Å²) in [5.41, 5.74) is -1.24. The maximum Gasteiger partial charge on any atom is 0.344 e. The van der Waals surface area contributed by atoms with Crippen molar-refractivity contribution >= 4 is 23.1 Å². The van der Waals surface area contributed by atoms with Gasteiger partial charge in [0, 0.05) is 10.6 Å². The van der Waals surface area contributed by atoms with Gasteiger partial charge in [0.2, 0.25) is 0 Å². The van der Waals surface area contributed by atoms with Gasteiger partial charge in [0.05, 0.1) is 7.11 Å². The number of hydrogen-bond acceptors (Lipinski definition) is 2. The SMILES string of the molecule is COC(=O)C(=C(F)F)c1cc(C)c(Cl)cc1F. The van der Waals surface area contributed by atoms with Crippen molar-refractivity contribution in [3.05, 3.63) is 40.2 Å². The van der Waals surface area contributed by atoms with Crippen LogP contribution in [0.25, 0.3) is 5.57 Å². The van der Waals surface area contributed by atoms with Crippen molar-refractivity contribution in [2.24, 2.45) is 0 Å². The van der Waals surface area contributed by atoms with Crippen LogP contribution in [0.1, 0.15) is 11.1 Å². The molecule has 0 unspecified atom stereocenters. The van der Waals surface area contributed by atoms with Gasteiger partial charge in [-0.25, -0.2) is 9.18 Å². The van der Waals surface area contributed by atoms with Gasteiger partial charge >= 0.3 is 5.97 Å². The van der Waals surface area contributed by atoms with Crippen LogP contribution in [0.2, 0.25) is 5.02 Å². The zero-order valence-electron chi connectivity index (χ0n) is 8.98. The molecule has 17 heavy (non-hydrogen) atoms. The molecule has 0 radical (unpaired) electrons. The molecule has 1 rings (SSSR count). The molecule has 0 heterocycles. The summed E-state index contributed by atoms with van der Waals surface area (Å²) in [4.78, 5) is 11.1. The Morgan fingerprint density at radius 3 is 2.41 bits per heavy atom. The van der Waals surface area contributed by atoms with Crippen molar-refractivity contribution in [1.29, 1.82) is 0 Å². The highest BCUT2D eigenvalue weighted by atomic mass is 35.5. The first-order valence-corrected chi connectivity index (χ1v) is 4.86. The van der Waals surface area contributed by atoms with Crippen LogP contribution in [0.4, 0.5) is 13.2 Å². The summed E-state index contributed by atoms with van der Waals surface area (Å²) in [7, 11) is 0.936. The zero-order chi connectivity index (χ0) is 13.2. The number of carbonyl (C=O) groups is 1. The third kappa shape index (κ3) is 2.79. The predicted molar refractivity (Wildman–Crippen MR) is 57.3 cm³/mol. The number of hydrogen-bond donors (Lipinski definition) is 0. The summed E-state index contributed by atoms with van der Waals surface area (Å²) >= 11 is 5.62. The third-order valence-electron chi connectivity index (χ3n) is 2.10. The summed E-state index contributed by atoms with van der Waals surface area (Å²) < 4.78 is 42.9. The maximum absolute atomic E-state index is 13.5. The predicted octanol–water partition coefficient (Wildman–Crippen LogP) is 3.57. The van der Waals surface area contributed by atoms with E-state index >= 15 is 0 Å². The largest absolute Gasteiger partial charge is 0.465 e. The summed E-state index contributed by atoms with van der Waals surface area (Å²) in [6.45, 7) is 1.51. The molecule has 2 nitrogen and oxygen atoms in total. The van der Waals surface area contributed by atoms with E-state index in [9.17, 15) is 18.0 Å². The van der Waals surface area contributed by atoms with Gasteiger partial charge in [-0.3, -0.25) is 0 Å². The van der Waals surface area contributed by atoms with E-state index < -0.39 is 29.0 Å². The maximum atomic E-state index is 13.5. The lowest BCUT2D eigenvalue weighted by molar-refractivity contribution is -0.133. The number of methoxy groups -OCH3 is 1. The van der Waals surface area contributed by atoms with E-state index in [4.69, 9.17) is 11.6 Å². The Labute approximate surface area is 101 Å². The highest BCUT2D eigenvalue weighted by Crippen LogP contribution is 2.28. The van der Waals surface area contributed by atoms with Crippen LogP contribution in [-0.2, 0) is 9.53 Å². The normalized spacial score (nSPS) is 10.0. The third-order valence-corrected chi connectivity index (χ3v) is 2.50. The second-order valence-electron chi connectivity index (χ2n) is 3.21.